The van der Waals surface area contributed by atoms with Gasteiger partial charge in [0.15, 0.2) is 11.5 Å². The normalized spacial score (nSPS) is 10.3. The highest BCUT2D eigenvalue weighted by Crippen LogP contribution is 2.43. The lowest BCUT2D eigenvalue weighted by molar-refractivity contribution is 0.369. The van der Waals surface area contributed by atoms with Crippen molar-refractivity contribution in [2.45, 2.75) is 0 Å². The number of phenols is 4. The number of aromatic hydroxyl groups is 4. The molecule has 0 saturated carbocycles. The van der Waals surface area contributed by atoms with Crippen molar-refractivity contribution in [2.24, 2.45) is 0 Å². The number of benzene rings is 3. The number of phenolic OH excluding ortho intramolecular Hbond substituents is 4. The first-order valence-electron chi connectivity index (χ1n) is 7.01. The summed E-state index contributed by atoms with van der Waals surface area (Å²) in [5.74, 6) is 0.407. The van der Waals surface area contributed by atoms with Crippen LogP contribution in [0.2, 0.25) is 0 Å². The second-order valence-electron chi connectivity index (χ2n) is 4.98. The summed E-state index contributed by atoms with van der Waals surface area (Å²) in [4.78, 5) is 0. The van der Waals surface area contributed by atoms with Crippen LogP contribution in [-0.4, -0.2) is 20.4 Å². The molecule has 0 saturated heterocycles. The summed E-state index contributed by atoms with van der Waals surface area (Å²) in [5, 5.41) is 38.6. The summed E-state index contributed by atoms with van der Waals surface area (Å²) in [6, 6.07) is 14.4. The Bertz CT molecular complexity index is 817. The lowest BCUT2D eigenvalue weighted by atomic mass is 10.2. The zero-order valence-corrected chi connectivity index (χ0v) is 12.4. The molecule has 122 valence electrons. The molecule has 6 nitrogen and oxygen atoms in total. The molecule has 24 heavy (non-hydrogen) atoms. The van der Waals surface area contributed by atoms with Crippen molar-refractivity contribution < 1.29 is 29.9 Å². The SMILES string of the molecule is Oc1ccc(Oc2cc(O)c(Oc3ccc(O)cc3)c(O)c2)cc1. The largest absolute Gasteiger partial charge is 0.508 e. The minimum Gasteiger partial charge on any atom is -0.508 e. The summed E-state index contributed by atoms with van der Waals surface area (Å²) < 4.78 is 10.9. The maximum absolute atomic E-state index is 10.1. The van der Waals surface area contributed by atoms with Crippen molar-refractivity contribution in [3.63, 3.8) is 0 Å². The first-order chi connectivity index (χ1) is 11.5. The van der Waals surface area contributed by atoms with Gasteiger partial charge in [0.05, 0.1) is 0 Å². The molecule has 0 atom stereocenters. The smallest absolute Gasteiger partial charge is 0.210 e. The van der Waals surface area contributed by atoms with Gasteiger partial charge in [-0.3, -0.25) is 0 Å². The van der Waals surface area contributed by atoms with E-state index >= 15 is 0 Å². The number of hydrogen-bond donors (Lipinski definition) is 4. The molecule has 3 aromatic carbocycles. The molecular weight excluding hydrogens is 312 g/mol. The van der Waals surface area contributed by atoms with Crippen molar-refractivity contribution in [3.8, 4) is 46.0 Å². The van der Waals surface area contributed by atoms with Gasteiger partial charge in [0.25, 0.3) is 0 Å². The predicted octanol–water partition coefficient (Wildman–Crippen LogP) is 4.09. The highest BCUT2D eigenvalue weighted by molar-refractivity contribution is 5.56. The molecule has 0 radical (unpaired) electrons. The molecule has 0 amide bonds. The van der Waals surface area contributed by atoms with Gasteiger partial charge in [-0.25, -0.2) is 0 Å². The van der Waals surface area contributed by atoms with E-state index in [4.69, 9.17) is 9.47 Å². The molecule has 0 heterocycles. The fourth-order valence-electron chi connectivity index (χ4n) is 2.02. The molecule has 6 heteroatoms. The van der Waals surface area contributed by atoms with Gasteiger partial charge < -0.3 is 29.9 Å². The zero-order valence-electron chi connectivity index (χ0n) is 12.4. The lowest BCUT2D eigenvalue weighted by Crippen LogP contribution is -1.88. The fourth-order valence-corrected chi connectivity index (χ4v) is 2.02. The first-order valence-corrected chi connectivity index (χ1v) is 7.01. The van der Waals surface area contributed by atoms with Crippen LogP contribution in [-0.2, 0) is 0 Å². The van der Waals surface area contributed by atoms with Gasteiger partial charge in [0.1, 0.15) is 28.7 Å². The highest BCUT2D eigenvalue weighted by atomic mass is 16.5. The van der Waals surface area contributed by atoms with Crippen LogP contribution in [0.25, 0.3) is 0 Å². The summed E-state index contributed by atoms with van der Waals surface area (Å²) in [7, 11) is 0. The van der Waals surface area contributed by atoms with E-state index in [0.29, 0.717) is 11.5 Å². The lowest BCUT2D eigenvalue weighted by Gasteiger charge is -2.12. The number of ether oxygens (including phenoxy) is 2. The van der Waals surface area contributed by atoms with E-state index in [1.807, 2.05) is 0 Å². The Morgan fingerprint density at radius 2 is 0.917 bits per heavy atom. The predicted molar refractivity (Wildman–Crippen MR) is 86.1 cm³/mol. The zero-order chi connectivity index (χ0) is 17.1. The molecule has 0 aliphatic heterocycles. The second-order valence-corrected chi connectivity index (χ2v) is 4.98. The first kappa shape index (κ1) is 15.4. The highest BCUT2D eigenvalue weighted by Gasteiger charge is 2.14. The average Bonchev–Trinajstić information content (AvgIpc) is 2.55. The van der Waals surface area contributed by atoms with Crippen LogP contribution in [0.15, 0.2) is 60.7 Å². The Balaban J connectivity index is 1.82. The van der Waals surface area contributed by atoms with Crippen molar-refractivity contribution in [1.29, 1.82) is 0 Å². The molecule has 3 aromatic rings. The van der Waals surface area contributed by atoms with Crippen LogP contribution in [0, 0.1) is 0 Å². The molecule has 4 N–H and O–H groups in total. The average molecular weight is 326 g/mol. The van der Waals surface area contributed by atoms with Crippen LogP contribution < -0.4 is 9.47 Å². The van der Waals surface area contributed by atoms with Crippen LogP contribution in [0.3, 0.4) is 0 Å². The molecule has 0 fully saturated rings. The Morgan fingerprint density at radius 1 is 0.500 bits per heavy atom. The van der Waals surface area contributed by atoms with Gasteiger partial charge >= 0.3 is 0 Å². The molecule has 0 bridgehead atoms. The quantitative estimate of drug-likeness (QED) is 0.576. The van der Waals surface area contributed by atoms with Gasteiger partial charge in [0.2, 0.25) is 5.75 Å². The minimum atomic E-state index is -0.308. The van der Waals surface area contributed by atoms with Gasteiger partial charge in [0, 0.05) is 12.1 Å². The Kier molecular flexibility index (Phi) is 4.03. The standard InChI is InChI=1S/C18H14O6/c19-11-1-5-13(6-2-11)23-15-9-16(21)18(17(22)10-15)24-14-7-3-12(20)4-8-14/h1-10,19-22H. The summed E-state index contributed by atoms with van der Waals surface area (Å²) >= 11 is 0. The monoisotopic (exact) mass is 326 g/mol. The minimum absolute atomic E-state index is 0.0773. The van der Waals surface area contributed by atoms with E-state index in [0.717, 1.165) is 0 Å². The molecule has 3 rings (SSSR count). The molecule has 0 spiro atoms. The van der Waals surface area contributed by atoms with E-state index in [1.165, 1.54) is 48.5 Å². The van der Waals surface area contributed by atoms with Gasteiger partial charge in [-0.15, -0.1) is 0 Å². The third-order valence-electron chi connectivity index (χ3n) is 3.15. The molecule has 0 aliphatic carbocycles. The second kappa shape index (κ2) is 6.29. The van der Waals surface area contributed by atoms with Crippen LogP contribution in [0.4, 0.5) is 0 Å². The van der Waals surface area contributed by atoms with Crippen molar-refractivity contribution >= 4 is 0 Å². The Labute approximate surface area is 137 Å². The van der Waals surface area contributed by atoms with E-state index in [2.05, 4.69) is 0 Å². The molecule has 0 unspecified atom stereocenters. The van der Waals surface area contributed by atoms with E-state index in [9.17, 15) is 20.4 Å². The molecule has 0 aromatic heterocycles. The third kappa shape index (κ3) is 3.44. The Morgan fingerprint density at radius 3 is 1.38 bits per heavy atom. The topological polar surface area (TPSA) is 99.4 Å². The van der Waals surface area contributed by atoms with Crippen LogP contribution in [0.5, 0.6) is 46.0 Å². The van der Waals surface area contributed by atoms with E-state index < -0.39 is 0 Å². The van der Waals surface area contributed by atoms with Crippen LogP contribution >= 0.6 is 0 Å². The van der Waals surface area contributed by atoms with E-state index in [1.54, 1.807) is 12.1 Å². The van der Waals surface area contributed by atoms with Gasteiger partial charge in [-0.2, -0.15) is 0 Å². The van der Waals surface area contributed by atoms with Crippen LogP contribution in [0.1, 0.15) is 0 Å². The number of rotatable bonds is 4. The van der Waals surface area contributed by atoms with Gasteiger partial charge in [-0.1, -0.05) is 0 Å². The van der Waals surface area contributed by atoms with Gasteiger partial charge in [-0.05, 0) is 48.5 Å². The number of hydrogen-bond acceptors (Lipinski definition) is 6. The summed E-state index contributed by atoms with van der Waals surface area (Å²) in [5.41, 5.74) is 0. The summed E-state index contributed by atoms with van der Waals surface area (Å²) in [6.45, 7) is 0. The molecule has 0 aliphatic rings. The van der Waals surface area contributed by atoms with Crippen molar-refractivity contribution in [3.05, 3.63) is 60.7 Å². The van der Waals surface area contributed by atoms with Crippen molar-refractivity contribution in [2.75, 3.05) is 0 Å². The van der Waals surface area contributed by atoms with E-state index in [-0.39, 0.29) is 34.5 Å². The maximum Gasteiger partial charge on any atom is 0.210 e. The van der Waals surface area contributed by atoms with Crippen molar-refractivity contribution in [1.82, 2.24) is 0 Å². The summed E-state index contributed by atoms with van der Waals surface area (Å²) in [6.07, 6.45) is 0. The third-order valence-corrected chi connectivity index (χ3v) is 3.15. The Hall–Kier alpha value is -3.54. The maximum atomic E-state index is 10.1. The fraction of sp³-hybridized carbons (Fsp3) is 0. The molecular formula is C18H14O6.